The summed E-state index contributed by atoms with van der Waals surface area (Å²) < 4.78 is 8.88. The van der Waals surface area contributed by atoms with Gasteiger partial charge in [0.2, 0.25) is 0 Å². The summed E-state index contributed by atoms with van der Waals surface area (Å²) in [5.74, 6) is 0.779. The van der Waals surface area contributed by atoms with Crippen molar-refractivity contribution < 1.29 is 4.74 Å². The third kappa shape index (κ3) is 3.09. The lowest BCUT2D eigenvalue weighted by atomic mass is 10.2. The smallest absolute Gasteiger partial charge is 0.264 e. The van der Waals surface area contributed by atoms with Crippen LogP contribution in [0.4, 0.5) is 0 Å². The summed E-state index contributed by atoms with van der Waals surface area (Å²) in [7, 11) is 0. The van der Waals surface area contributed by atoms with Gasteiger partial charge in [-0.1, -0.05) is 35.9 Å². The SMILES string of the molecule is Cc1ccc(-n2ncc3c(=O)n(CCOc4ccccc4)cnc32)cc1. The van der Waals surface area contributed by atoms with Gasteiger partial charge >= 0.3 is 0 Å². The number of ether oxygens (including phenoxy) is 1. The number of hydrogen-bond acceptors (Lipinski definition) is 4. The van der Waals surface area contributed by atoms with Crippen LogP contribution < -0.4 is 10.3 Å². The van der Waals surface area contributed by atoms with Crippen molar-refractivity contribution in [1.82, 2.24) is 19.3 Å². The van der Waals surface area contributed by atoms with E-state index in [9.17, 15) is 4.79 Å². The number of fused-ring (bicyclic) bond motifs is 1. The van der Waals surface area contributed by atoms with Crippen molar-refractivity contribution in [3.8, 4) is 11.4 Å². The first-order valence-electron chi connectivity index (χ1n) is 8.40. The molecule has 0 saturated carbocycles. The molecule has 0 aliphatic rings. The van der Waals surface area contributed by atoms with E-state index in [0.29, 0.717) is 24.2 Å². The number of nitrogens with zero attached hydrogens (tertiary/aromatic N) is 4. The molecule has 2 heterocycles. The number of hydrogen-bond donors (Lipinski definition) is 0. The van der Waals surface area contributed by atoms with Crippen LogP contribution in [-0.4, -0.2) is 25.9 Å². The molecule has 0 aliphatic heterocycles. The van der Waals surface area contributed by atoms with Gasteiger partial charge in [-0.05, 0) is 31.2 Å². The molecule has 0 amide bonds. The van der Waals surface area contributed by atoms with Crippen molar-refractivity contribution >= 4 is 11.0 Å². The third-order valence-electron chi connectivity index (χ3n) is 4.18. The Balaban J connectivity index is 1.58. The van der Waals surface area contributed by atoms with Crippen LogP contribution >= 0.6 is 0 Å². The first-order chi connectivity index (χ1) is 12.7. The summed E-state index contributed by atoms with van der Waals surface area (Å²) in [5.41, 5.74) is 2.48. The van der Waals surface area contributed by atoms with E-state index >= 15 is 0 Å². The molecule has 4 aromatic rings. The molecular formula is C20H18N4O2. The molecule has 6 heteroatoms. The Kier molecular flexibility index (Phi) is 4.23. The summed E-state index contributed by atoms with van der Waals surface area (Å²) >= 11 is 0. The fraction of sp³-hybridized carbons (Fsp3) is 0.150. The number of para-hydroxylation sites is 1. The van der Waals surface area contributed by atoms with Crippen LogP contribution in [0.2, 0.25) is 0 Å². The Morgan fingerprint density at radius 2 is 1.81 bits per heavy atom. The topological polar surface area (TPSA) is 61.9 Å². The second kappa shape index (κ2) is 6.84. The minimum atomic E-state index is -0.120. The maximum atomic E-state index is 12.7. The molecule has 0 aliphatic carbocycles. The lowest BCUT2D eigenvalue weighted by Gasteiger charge is -2.08. The molecule has 2 aromatic heterocycles. The molecule has 26 heavy (non-hydrogen) atoms. The molecule has 0 unspecified atom stereocenters. The van der Waals surface area contributed by atoms with Crippen molar-refractivity contribution in [2.75, 3.05) is 6.61 Å². The zero-order valence-electron chi connectivity index (χ0n) is 14.4. The average Bonchev–Trinajstić information content (AvgIpc) is 3.10. The molecule has 0 fully saturated rings. The quantitative estimate of drug-likeness (QED) is 0.557. The summed E-state index contributed by atoms with van der Waals surface area (Å²) in [6, 6.07) is 17.5. The zero-order valence-corrected chi connectivity index (χ0v) is 14.4. The fourth-order valence-corrected chi connectivity index (χ4v) is 2.76. The van der Waals surface area contributed by atoms with Gasteiger partial charge in [0.25, 0.3) is 5.56 Å². The van der Waals surface area contributed by atoms with Crippen molar-refractivity contribution in [2.45, 2.75) is 13.5 Å². The minimum absolute atomic E-state index is 0.120. The average molecular weight is 346 g/mol. The van der Waals surface area contributed by atoms with E-state index in [4.69, 9.17) is 4.74 Å². The Labute approximate surface area is 150 Å². The molecule has 0 saturated heterocycles. The Bertz CT molecular complexity index is 1080. The second-order valence-electron chi connectivity index (χ2n) is 6.03. The highest BCUT2D eigenvalue weighted by atomic mass is 16.5. The number of aromatic nitrogens is 4. The van der Waals surface area contributed by atoms with Crippen LogP contribution in [0.5, 0.6) is 5.75 Å². The first-order valence-corrected chi connectivity index (χ1v) is 8.40. The molecule has 0 radical (unpaired) electrons. The van der Waals surface area contributed by atoms with Gasteiger partial charge in [-0.25, -0.2) is 9.67 Å². The molecule has 6 nitrogen and oxygen atoms in total. The summed E-state index contributed by atoms with van der Waals surface area (Å²) in [4.78, 5) is 17.1. The molecule has 0 spiro atoms. The van der Waals surface area contributed by atoms with Crippen molar-refractivity contribution in [3.63, 3.8) is 0 Å². The lowest BCUT2D eigenvalue weighted by molar-refractivity contribution is 0.296. The zero-order chi connectivity index (χ0) is 17.9. The third-order valence-corrected chi connectivity index (χ3v) is 4.18. The van der Waals surface area contributed by atoms with Gasteiger partial charge in [0.05, 0.1) is 18.4 Å². The maximum absolute atomic E-state index is 12.7. The second-order valence-corrected chi connectivity index (χ2v) is 6.03. The normalized spacial score (nSPS) is 11.0. The first kappa shape index (κ1) is 16.1. The van der Waals surface area contributed by atoms with Gasteiger partial charge in [0, 0.05) is 0 Å². The molecule has 2 aromatic carbocycles. The standard InChI is InChI=1S/C20H18N4O2/c1-15-7-9-16(10-8-15)24-19-18(13-22-24)20(25)23(14-21-19)11-12-26-17-5-3-2-4-6-17/h2-10,13-14H,11-12H2,1H3. The Hall–Kier alpha value is -3.41. The van der Waals surface area contributed by atoms with E-state index in [1.165, 1.54) is 5.56 Å². The molecule has 0 bridgehead atoms. The molecule has 4 rings (SSSR count). The van der Waals surface area contributed by atoms with Gasteiger partial charge < -0.3 is 4.74 Å². The Morgan fingerprint density at radius 1 is 1.04 bits per heavy atom. The van der Waals surface area contributed by atoms with Crippen LogP contribution in [-0.2, 0) is 6.54 Å². The highest BCUT2D eigenvalue weighted by Crippen LogP contribution is 2.14. The number of benzene rings is 2. The van der Waals surface area contributed by atoms with E-state index in [1.54, 1.807) is 21.8 Å². The largest absolute Gasteiger partial charge is 0.492 e. The number of rotatable bonds is 5. The van der Waals surface area contributed by atoms with Crippen molar-refractivity contribution in [1.29, 1.82) is 0 Å². The fourth-order valence-electron chi connectivity index (χ4n) is 2.76. The van der Waals surface area contributed by atoms with Crippen molar-refractivity contribution in [3.05, 3.63) is 83.0 Å². The minimum Gasteiger partial charge on any atom is -0.492 e. The van der Waals surface area contributed by atoms with Gasteiger partial charge in [0.1, 0.15) is 24.1 Å². The maximum Gasteiger partial charge on any atom is 0.264 e. The van der Waals surface area contributed by atoms with E-state index in [2.05, 4.69) is 10.1 Å². The van der Waals surface area contributed by atoms with E-state index in [-0.39, 0.29) is 5.56 Å². The van der Waals surface area contributed by atoms with E-state index in [1.807, 2.05) is 61.5 Å². The highest BCUT2D eigenvalue weighted by Gasteiger charge is 2.11. The lowest BCUT2D eigenvalue weighted by Crippen LogP contribution is -2.23. The summed E-state index contributed by atoms with van der Waals surface area (Å²) in [6.45, 7) is 2.84. The van der Waals surface area contributed by atoms with Crippen LogP contribution in [0.1, 0.15) is 5.56 Å². The van der Waals surface area contributed by atoms with Crippen LogP contribution in [0.25, 0.3) is 16.7 Å². The predicted molar refractivity (Wildman–Crippen MR) is 99.8 cm³/mol. The van der Waals surface area contributed by atoms with Gasteiger partial charge in [-0.15, -0.1) is 0 Å². The van der Waals surface area contributed by atoms with E-state index < -0.39 is 0 Å². The van der Waals surface area contributed by atoms with Crippen molar-refractivity contribution in [2.24, 2.45) is 0 Å². The van der Waals surface area contributed by atoms with E-state index in [0.717, 1.165) is 11.4 Å². The van der Waals surface area contributed by atoms with Gasteiger partial charge in [0.15, 0.2) is 5.65 Å². The summed E-state index contributed by atoms with van der Waals surface area (Å²) in [6.07, 6.45) is 3.12. The van der Waals surface area contributed by atoms with Gasteiger partial charge in [-0.2, -0.15) is 5.10 Å². The predicted octanol–water partition coefficient (Wildman–Crippen LogP) is 2.97. The molecule has 0 atom stereocenters. The Morgan fingerprint density at radius 3 is 2.58 bits per heavy atom. The van der Waals surface area contributed by atoms with Crippen LogP contribution in [0, 0.1) is 6.92 Å². The monoisotopic (exact) mass is 346 g/mol. The number of aryl methyl sites for hydroxylation is 1. The molecular weight excluding hydrogens is 328 g/mol. The summed E-state index contributed by atoms with van der Waals surface area (Å²) in [5, 5.41) is 4.83. The highest BCUT2D eigenvalue weighted by molar-refractivity contribution is 5.74. The van der Waals surface area contributed by atoms with Crippen LogP contribution in [0.3, 0.4) is 0 Å². The molecule has 130 valence electrons. The van der Waals surface area contributed by atoms with Crippen LogP contribution in [0.15, 0.2) is 71.9 Å². The van der Waals surface area contributed by atoms with Gasteiger partial charge in [-0.3, -0.25) is 9.36 Å². The molecule has 0 N–H and O–H groups in total.